The summed E-state index contributed by atoms with van der Waals surface area (Å²) in [5, 5.41) is 9.58. The van der Waals surface area contributed by atoms with Crippen LogP contribution in [-0.4, -0.2) is 66.7 Å². The topological polar surface area (TPSA) is 110 Å². The number of hydrogen-bond acceptors (Lipinski definition) is 5. The van der Waals surface area contributed by atoms with Gasteiger partial charge in [0.05, 0.1) is 16.3 Å². The van der Waals surface area contributed by atoms with Gasteiger partial charge in [0.15, 0.2) is 6.23 Å². The molecule has 33 heavy (non-hydrogen) atoms. The quantitative estimate of drug-likeness (QED) is 0.598. The van der Waals surface area contributed by atoms with Gasteiger partial charge in [-0.15, -0.1) is 0 Å². The highest BCUT2D eigenvalue weighted by molar-refractivity contribution is 7.87. The fourth-order valence-corrected chi connectivity index (χ4v) is 4.17. The maximum absolute atomic E-state index is 14.6. The number of hydrogen-bond donors (Lipinski definition) is 2. The second-order valence-electron chi connectivity index (χ2n) is 8.03. The number of allylic oxidation sites excluding steroid dienone is 1. The molecule has 1 aromatic carbocycles. The van der Waals surface area contributed by atoms with Gasteiger partial charge in [-0.2, -0.15) is 25.9 Å². The summed E-state index contributed by atoms with van der Waals surface area (Å²) in [6.07, 6.45) is -6.94. The number of benzene rings is 1. The molecule has 1 heterocycles. The van der Waals surface area contributed by atoms with Crippen molar-refractivity contribution in [2.24, 2.45) is 0 Å². The van der Waals surface area contributed by atoms with Crippen LogP contribution in [0.5, 0.6) is 0 Å². The van der Waals surface area contributed by atoms with Crippen molar-refractivity contribution in [1.82, 2.24) is 13.9 Å². The molecule has 0 saturated heterocycles. The molecule has 1 aliphatic rings. The number of anilines is 1. The van der Waals surface area contributed by atoms with Gasteiger partial charge in [0.25, 0.3) is 5.91 Å². The number of carbonyl (C=O) groups is 2. The van der Waals surface area contributed by atoms with Crippen LogP contribution in [0.4, 0.5) is 28.0 Å². The van der Waals surface area contributed by atoms with Crippen molar-refractivity contribution in [3.05, 3.63) is 40.3 Å². The number of halogens is 5. The molecule has 15 heteroatoms. The number of amides is 3. The minimum atomic E-state index is -4.98. The van der Waals surface area contributed by atoms with Crippen LogP contribution < -0.4 is 9.62 Å². The Morgan fingerprint density at radius 1 is 1.24 bits per heavy atom. The summed E-state index contributed by atoms with van der Waals surface area (Å²) in [5.74, 6) is -2.55. The van der Waals surface area contributed by atoms with Crippen LogP contribution >= 0.6 is 11.6 Å². The molecule has 0 saturated carbocycles. The molecule has 0 aliphatic carbocycles. The highest BCUT2D eigenvalue weighted by Crippen LogP contribution is 2.36. The van der Waals surface area contributed by atoms with E-state index in [1.807, 2.05) is 0 Å². The fourth-order valence-electron chi connectivity index (χ4n) is 2.73. The predicted molar refractivity (Wildman–Crippen MR) is 111 cm³/mol. The van der Waals surface area contributed by atoms with E-state index in [2.05, 4.69) is 0 Å². The largest absolute Gasteiger partial charge is 0.431 e. The second kappa shape index (κ2) is 8.74. The molecule has 3 amide bonds. The molecule has 2 rings (SSSR count). The van der Waals surface area contributed by atoms with Gasteiger partial charge in [0.1, 0.15) is 11.5 Å². The van der Waals surface area contributed by atoms with E-state index < -0.39 is 67.9 Å². The maximum atomic E-state index is 14.6. The van der Waals surface area contributed by atoms with E-state index in [1.165, 1.54) is 7.05 Å². The average Bonchev–Trinajstić information content (AvgIpc) is 2.63. The number of carbonyl (C=O) groups excluding carboxylic acids is 2. The van der Waals surface area contributed by atoms with Crippen molar-refractivity contribution >= 4 is 39.4 Å². The zero-order valence-electron chi connectivity index (χ0n) is 18.0. The fraction of sp³-hybridized carbons (Fsp3) is 0.444. The van der Waals surface area contributed by atoms with Crippen LogP contribution in [0.25, 0.3) is 0 Å². The molecule has 0 aromatic heterocycles. The van der Waals surface area contributed by atoms with Crippen LogP contribution in [0.3, 0.4) is 0 Å². The first-order valence-corrected chi connectivity index (χ1v) is 10.9. The van der Waals surface area contributed by atoms with Gasteiger partial charge < -0.3 is 5.11 Å². The Bertz CT molecular complexity index is 1120. The molecular weight excluding hydrogens is 496 g/mol. The number of alkyl halides is 3. The van der Waals surface area contributed by atoms with Gasteiger partial charge in [-0.25, -0.2) is 13.9 Å². The van der Waals surface area contributed by atoms with Gasteiger partial charge in [0.2, 0.25) is 0 Å². The van der Waals surface area contributed by atoms with Crippen molar-refractivity contribution in [2.45, 2.75) is 38.7 Å². The van der Waals surface area contributed by atoms with Crippen LogP contribution in [0, 0.1) is 5.82 Å². The third kappa shape index (κ3) is 5.39. The lowest BCUT2D eigenvalue weighted by atomic mass is 10.1. The van der Waals surface area contributed by atoms with E-state index in [-0.39, 0.29) is 15.9 Å². The molecule has 0 spiro atoms. The molecule has 1 atom stereocenters. The molecule has 1 aliphatic heterocycles. The van der Waals surface area contributed by atoms with Gasteiger partial charge >= 0.3 is 22.4 Å². The minimum Gasteiger partial charge on any atom is -0.369 e. The zero-order valence-corrected chi connectivity index (χ0v) is 19.6. The molecule has 1 aromatic rings. The van der Waals surface area contributed by atoms with Gasteiger partial charge in [0, 0.05) is 19.6 Å². The first-order chi connectivity index (χ1) is 14.8. The van der Waals surface area contributed by atoms with Crippen molar-refractivity contribution in [3.63, 3.8) is 0 Å². The highest BCUT2D eigenvalue weighted by Gasteiger charge is 2.45. The normalized spacial score (nSPS) is 18.0. The molecule has 1 unspecified atom stereocenters. The predicted octanol–water partition coefficient (Wildman–Crippen LogP) is 2.82. The number of rotatable bonds is 4. The Hall–Kier alpha value is -2.42. The number of urea groups is 1. The standard InChI is InChI=1S/C18H21ClF4N4O5S/c1-17(2,3)26(5)33(31,32)24-15(29)9-6-12(11(20)7-10(9)19)27-14(28)8-13(18(21,22)23)25(4)16(27)30/h6-8,14,28H,1-5H3,(H,24,29). The lowest BCUT2D eigenvalue weighted by Gasteiger charge is -2.37. The zero-order chi connectivity index (χ0) is 25.7. The number of aliphatic hydroxyl groups is 1. The van der Waals surface area contributed by atoms with E-state index in [0.717, 1.165) is 11.4 Å². The Morgan fingerprint density at radius 3 is 2.27 bits per heavy atom. The molecule has 0 fully saturated rings. The molecular formula is C18H21ClF4N4O5S. The highest BCUT2D eigenvalue weighted by atomic mass is 35.5. The van der Waals surface area contributed by atoms with E-state index in [4.69, 9.17) is 11.6 Å². The smallest absolute Gasteiger partial charge is 0.369 e. The average molecular weight is 517 g/mol. The summed E-state index contributed by atoms with van der Waals surface area (Å²) < 4.78 is 81.3. The van der Waals surface area contributed by atoms with Crippen LogP contribution in [0.15, 0.2) is 23.9 Å². The minimum absolute atomic E-state index is 0.142. The number of nitrogens with one attached hydrogen (secondary N) is 1. The van der Waals surface area contributed by atoms with Gasteiger partial charge in [-0.3, -0.25) is 14.6 Å². The number of nitrogens with zero attached hydrogens (tertiary/aromatic N) is 3. The molecule has 2 N–H and O–H groups in total. The maximum Gasteiger partial charge on any atom is 0.431 e. The van der Waals surface area contributed by atoms with Crippen molar-refractivity contribution in [2.75, 3.05) is 19.0 Å². The summed E-state index contributed by atoms with van der Waals surface area (Å²) in [4.78, 5) is 25.5. The Labute approximate surface area is 192 Å². The van der Waals surface area contributed by atoms with Crippen LogP contribution in [0.1, 0.15) is 31.1 Å². The summed E-state index contributed by atoms with van der Waals surface area (Å²) in [6, 6.07) is -0.236. The Kier molecular flexibility index (Phi) is 7.11. The summed E-state index contributed by atoms with van der Waals surface area (Å²) in [7, 11) is -2.41. The van der Waals surface area contributed by atoms with Crippen molar-refractivity contribution in [3.8, 4) is 0 Å². The molecule has 9 nitrogen and oxygen atoms in total. The third-order valence-electron chi connectivity index (χ3n) is 4.78. The van der Waals surface area contributed by atoms with Gasteiger partial charge in [-0.1, -0.05) is 11.6 Å². The van der Waals surface area contributed by atoms with Crippen LogP contribution in [-0.2, 0) is 10.2 Å². The summed E-state index contributed by atoms with van der Waals surface area (Å²) >= 11 is 5.87. The molecule has 0 bridgehead atoms. The SMILES string of the molecule is CN1C(=O)N(c2cc(C(=O)NS(=O)(=O)N(C)C(C)(C)C)c(Cl)cc2F)C(O)C=C1C(F)(F)F. The van der Waals surface area contributed by atoms with E-state index in [0.29, 0.717) is 12.1 Å². The second-order valence-corrected chi connectivity index (χ2v) is 10.1. The van der Waals surface area contributed by atoms with Crippen LogP contribution in [0.2, 0.25) is 5.02 Å². The van der Waals surface area contributed by atoms with E-state index in [1.54, 1.807) is 25.5 Å². The third-order valence-corrected chi connectivity index (χ3v) is 6.81. The first kappa shape index (κ1) is 26.8. The number of aliphatic hydroxyl groups excluding tert-OH is 1. The molecule has 184 valence electrons. The lowest BCUT2D eigenvalue weighted by Crippen LogP contribution is -2.53. The first-order valence-electron chi connectivity index (χ1n) is 9.13. The Balaban J connectivity index is 2.51. The Morgan fingerprint density at radius 2 is 1.79 bits per heavy atom. The van der Waals surface area contributed by atoms with E-state index in [9.17, 15) is 40.7 Å². The lowest BCUT2D eigenvalue weighted by molar-refractivity contribution is -0.108. The van der Waals surface area contributed by atoms with Crippen molar-refractivity contribution < 1.29 is 40.7 Å². The van der Waals surface area contributed by atoms with Gasteiger partial charge in [-0.05, 0) is 39.0 Å². The summed E-state index contributed by atoms with van der Waals surface area (Å²) in [5.41, 5.74) is -3.79. The van der Waals surface area contributed by atoms with E-state index >= 15 is 0 Å². The monoisotopic (exact) mass is 516 g/mol. The van der Waals surface area contributed by atoms with Crippen molar-refractivity contribution in [1.29, 1.82) is 0 Å². The summed E-state index contributed by atoms with van der Waals surface area (Å²) in [6.45, 7) is 4.67. The molecule has 0 radical (unpaired) electrons.